The first kappa shape index (κ1) is 30.7. The van der Waals surface area contributed by atoms with E-state index in [0.717, 1.165) is 15.4 Å². The van der Waals surface area contributed by atoms with Crippen molar-refractivity contribution in [3.8, 4) is 5.75 Å². The molecule has 0 aliphatic carbocycles. The summed E-state index contributed by atoms with van der Waals surface area (Å²) in [5, 5.41) is 2.97. The van der Waals surface area contributed by atoms with Gasteiger partial charge in [-0.2, -0.15) is 0 Å². The molecule has 0 saturated carbocycles. The van der Waals surface area contributed by atoms with Gasteiger partial charge in [-0.1, -0.05) is 49.4 Å². The van der Waals surface area contributed by atoms with Crippen molar-refractivity contribution in [1.29, 1.82) is 0 Å². The van der Waals surface area contributed by atoms with Crippen LogP contribution in [0.25, 0.3) is 0 Å². The van der Waals surface area contributed by atoms with Crippen LogP contribution in [-0.4, -0.2) is 50.4 Å². The predicted molar refractivity (Wildman–Crippen MR) is 158 cm³/mol. The summed E-state index contributed by atoms with van der Waals surface area (Å²) in [7, 11) is -2.54. The summed E-state index contributed by atoms with van der Waals surface area (Å²) in [5.41, 5.74) is 1.45. The molecule has 0 spiro atoms. The Kier molecular flexibility index (Phi) is 9.98. The molecule has 40 heavy (non-hydrogen) atoms. The molecule has 0 aliphatic rings. The highest BCUT2D eigenvalue weighted by molar-refractivity contribution is 7.92. The number of nitrogens with one attached hydrogen (secondary N) is 1. The second-order valence-corrected chi connectivity index (χ2v) is 12.6. The minimum Gasteiger partial charge on any atom is -0.497 e. The van der Waals surface area contributed by atoms with E-state index in [1.54, 1.807) is 55.6 Å². The van der Waals surface area contributed by atoms with Crippen molar-refractivity contribution in [2.75, 3.05) is 18.0 Å². The van der Waals surface area contributed by atoms with Crippen molar-refractivity contribution in [3.63, 3.8) is 0 Å². The molecule has 2 amide bonds. The van der Waals surface area contributed by atoms with Crippen LogP contribution in [0.2, 0.25) is 0 Å². The van der Waals surface area contributed by atoms with Gasteiger partial charge in [-0.25, -0.2) is 8.42 Å². The molecule has 9 heteroatoms. The molecule has 1 N–H and O–H groups in total. The third-order valence-electron chi connectivity index (χ3n) is 6.27. The maximum atomic E-state index is 14.1. The average Bonchev–Trinajstić information content (AvgIpc) is 2.91. The van der Waals surface area contributed by atoms with Crippen LogP contribution in [0.3, 0.4) is 0 Å². The van der Waals surface area contributed by atoms with Crippen LogP contribution in [0.4, 0.5) is 5.69 Å². The first-order valence-electron chi connectivity index (χ1n) is 13.2. The minimum atomic E-state index is -4.10. The van der Waals surface area contributed by atoms with Gasteiger partial charge in [0.1, 0.15) is 18.3 Å². The summed E-state index contributed by atoms with van der Waals surface area (Å²) in [5.74, 6) is -0.191. The number of amides is 2. The quantitative estimate of drug-likeness (QED) is 0.356. The van der Waals surface area contributed by atoms with Gasteiger partial charge in [-0.3, -0.25) is 13.9 Å². The molecular weight excluding hydrogens is 526 g/mol. The zero-order valence-corrected chi connectivity index (χ0v) is 24.9. The van der Waals surface area contributed by atoms with E-state index in [1.807, 2.05) is 52.8 Å². The number of hydrogen-bond acceptors (Lipinski definition) is 5. The SMILES string of the molecule is CCC(C(=O)NC(C)(C)C)N(Cc1cccc(OC)c1)C(=O)CN(c1cccc(C)c1)S(=O)(=O)c1ccccc1. The van der Waals surface area contributed by atoms with Crippen LogP contribution >= 0.6 is 0 Å². The Labute approximate surface area is 238 Å². The maximum Gasteiger partial charge on any atom is 0.264 e. The summed E-state index contributed by atoms with van der Waals surface area (Å²) >= 11 is 0. The van der Waals surface area contributed by atoms with Gasteiger partial charge in [-0.15, -0.1) is 0 Å². The predicted octanol–water partition coefficient (Wildman–Crippen LogP) is 4.92. The number of aryl methyl sites for hydroxylation is 1. The number of nitrogens with zero attached hydrogens (tertiary/aromatic N) is 2. The number of rotatable bonds is 11. The van der Waals surface area contributed by atoms with E-state index in [9.17, 15) is 18.0 Å². The van der Waals surface area contributed by atoms with Crippen molar-refractivity contribution in [1.82, 2.24) is 10.2 Å². The molecule has 214 valence electrons. The van der Waals surface area contributed by atoms with Gasteiger partial charge in [0.2, 0.25) is 11.8 Å². The molecule has 3 aromatic carbocycles. The summed E-state index contributed by atoms with van der Waals surface area (Å²) in [6, 6.07) is 21.4. The lowest BCUT2D eigenvalue weighted by Gasteiger charge is -2.35. The van der Waals surface area contributed by atoms with Gasteiger partial charge >= 0.3 is 0 Å². The van der Waals surface area contributed by atoms with Crippen molar-refractivity contribution >= 4 is 27.5 Å². The summed E-state index contributed by atoms with van der Waals surface area (Å²) in [6.07, 6.45) is 0.341. The third-order valence-corrected chi connectivity index (χ3v) is 8.06. The van der Waals surface area contributed by atoms with E-state index in [1.165, 1.54) is 17.0 Å². The van der Waals surface area contributed by atoms with E-state index in [-0.39, 0.29) is 17.3 Å². The Morgan fingerprint density at radius 1 is 0.950 bits per heavy atom. The van der Waals surface area contributed by atoms with Gasteiger partial charge in [0.25, 0.3) is 10.0 Å². The average molecular weight is 566 g/mol. The van der Waals surface area contributed by atoms with Crippen LogP contribution in [0, 0.1) is 6.92 Å². The van der Waals surface area contributed by atoms with Gasteiger partial charge in [0.05, 0.1) is 17.7 Å². The maximum absolute atomic E-state index is 14.1. The second kappa shape index (κ2) is 13.0. The number of methoxy groups -OCH3 is 1. The molecule has 3 rings (SSSR count). The van der Waals surface area contributed by atoms with E-state index >= 15 is 0 Å². The van der Waals surface area contributed by atoms with Crippen LogP contribution in [0.15, 0.2) is 83.8 Å². The molecule has 0 radical (unpaired) electrons. The van der Waals surface area contributed by atoms with E-state index in [2.05, 4.69) is 5.32 Å². The number of carbonyl (C=O) groups is 2. The second-order valence-electron chi connectivity index (χ2n) is 10.7. The lowest BCUT2D eigenvalue weighted by atomic mass is 10.1. The highest BCUT2D eigenvalue weighted by Gasteiger charge is 2.34. The van der Waals surface area contributed by atoms with Crippen molar-refractivity contribution in [2.24, 2.45) is 0 Å². The van der Waals surface area contributed by atoms with Crippen molar-refractivity contribution < 1.29 is 22.7 Å². The van der Waals surface area contributed by atoms with Gasteiger partial charge in [0.15, 0.2) is 0 Å². The lowest BCUT2D eigenvalue weighted by Crippen LogP contribution is -2.55. The van der Waals surface area contributed by atoms with Crippen LogP contribution in [0.5, 0.6) is 5.75 Å². The van der Waals surface area contributed by atoms with Gasteiger partial charge in [0, 0.05) is 12.1 Å². The molecule has 1 atom stereocenters. The van der Waals surface area contributed by atoms with E-state index in [4.69, 9.17) is 4.74 Å². The first-order chi connectivity index (χ1) is 18.9. The molecule has 1 unspecified atom stereocenters. The highest BCUT2D eigenvalue weighted by atomic mass is 32.2. The molecule has 0 saturated heterocycles. The largest absolute Gasteiger partial charge is 0.497 e. The molecule has 0 aliphatic heterocycles. The number of benzene rings is 3. The minimum absolute atomic E-state index is 0.0705. The molecule has 3 aromatic rings. The van der Waals surface area contributed by atoms with Crippen LogP contribution in [0.1, 0.15) is 45.2 Å². The Morgan fingerprint density at radius 2 is 1.62 bits per heavy atom. The Bertz CT molecular complexity index is 1420. The van der Waals surface area contributed by atoms with Crippen LogP contribution < -0.4 is 14.4 Å². The molecule has 0 aromatic heterocycles. The topological polar surface area (TPSA) is 96.0 Å². The van der Waals surface area contributed by atoms with Gasteiger partial charge < -0.3 is 15.0 Å². The fourth-order valence-corrected chi connectivity index (χ4v) is 5.80. The molecular formula is C31H39N3O5S. The van der Waals surface area contributed by atoms with Crippen molar-refractivity contribution in [2.45, 2.75) is 64.1 Å². The van der Waals surface area contributed by atoms with Crippen molar-refractivity contribution in [3.05, 3.63) is 90.0 Å². The van der Waals surface area contributed by atoms with Gasteiger partial charge in [-0.05, 0) is 81.6 Å². The Hall–Kier alpha value is -3.85. The van der Waals surface area contributed by atoms with Crippen LogP contribution in [-0.2, 0) is 26.2 Å². The zero-order chi connectivity index (χ0) is 29.5. The zero-order valence-electron chi connectivity index (χ0n) is 24.0. The third kappa shape index (κ3) is 7.85. The number of ether oxygens (including phenoxy) is 1. The molecule has 0 fully saturated rings. The first-order valence-corrected chi connectivity index (χ1v) is 14.7. The molecule has 0 heterocycles. The number of hydrogen-bond donors (Lipinski definition) is 1. The molecule has 8 nitrogen and oxygen atoms in total. The smallest absolute Gasteiger partial charge is 0.264 e. The Morgan fingerprint density at radius 3 is 2.23 bits per heavy atom. The number of sulfonamides is 1. The summed E-state index contributed by atoms with van der Waals surface area (Å²) in [4.78, 5) is 29.1. The Balaban J connectivity index is 2.07. The fraction of sp³-hybridized carbons (Fsp3) is 0.355. The van der Waals surface area contributed by atoms with E-state index in [0.29, 0.717) is 17.9 Å². The normalized spacial score (nSPS) is 12.3. The number of carbonyl (C=O) groups excluding carboxylic acids is 2. The summed E-state index contributed by atoms with van der Waals surface area (Å²) in [6.45, 7) is 8.92. The monoisotopic (exact) mass is 565 g/mol. The summed E-state index contributed by atoms with van der Waals surface area (Å²) < 4.78 is 34.2. The number of anilines is 1. The lowest BCUT2D eigenvalue weighted by molar-refractivity contribution is -0.141. The fourth-order valence-electron chi connectivity index (χ4n) is 4.37. The highest BCUT2D eigenvalue weighted by Crippen LogP contribution is 2.26. The molecule has 0 bridgehead atoms. The van der Waals surface area contributed by atoms with E-state index < -0.39 is 34.1 Å². The standard InChI is InChI=1S/C31H39N3O5S/c1-7-28(30(36)32-31(3,4)5)33(21-24-14-12-16-26(20-24)39-6)29(35)22-34(25-15-11-13-23(2)19-25)40(37,38)27-17-9-8-10-18-27/h8-20,28H,7,21-22H2,1-6H3,(H,32,36).